The first-order valence-electron chi connectivity index (χ1n) is 21.7. The topological polar surface area (TPSA) is 253 Å². The summed E-state index contributed by atoms with van der Waals surface area (Å²) in [7, 11) is 1.54. The molecule has 8 N–H and O–H groups in total. The van der Waals surface area contributed by atoms with Gasteiger partial charge in [-0.25, -0.2) is 4.79 Å². The Morgan fingerprint density at radius 2 is 1.49 bits per heavy atom. The van der Waals surface area contributed by atoms with Gasteiger partial charge in [-0.15, -0.1) is 0 Å². The Kier molecular flexibility index (Phi) is 12.7. The Labute approximate surface area is 344 Å². The van der Waals surface area contributed by atoms with E-state index in [0.29, 0.717) is 24.9 Å². The van der Waals surface area contributed by atoms with Gasteiger partial charge >= 0.3 is 5.97 Å². The van der Waals surface area contributed by atoms with Crippen LogP contribution in [0.4, 0.5) is 0 Å². The van der Waals surface area contributed by atoms with Crippen molar-refractivity contribution in [1.82, 2.24) is 0 Å². The van der Waals surface area contributed by atoms with E-state index in [1.807, 2.05) is 0 Å². The number of carbonyl (C=O) groups is 1. The average Bonchev–Trinajstić information content (AvgIpc) is 3.77. The fraction of sp³-hybridized carbons (Fsp3) is 0.929. The minimum Gasteiger partial charge on any atom is -0.458 e. The molecule has 8 rings (SSSR count). The Bertz CT molecular complexity index is 1530. The van der Waals surface area contributed by atoms with Crippen molar-refractivity contribution in [2.75, 3.05) is 26.9 Å². The molecule has 0 aromatic carbocycles. The van der Waals surface area contributed by atoms with Gasteiger partial charge in [0.25, 0.3) is 0 Å². The Morgan fingerprint density at radius 3 is 2.19 bits per heavy atom. The van der Waals surface area contributed by atoms with Crippen LogP contribution in [0.1, 0.15) is 85.0 Å². The average molecular weight is 843 g/mol. The molecular formula is C42H66O17. The fourth-order valence-electron chi connectivity index (χ4n) is 12.9. The predicted octanol–water partition coefficient (Wildman–Crippen LogP) is -0.212. The molecule has 3 saturated heterocycles. The molecule has 0 aromatic rings. The zero-order chi connectivity index (χ0) is 42.2. The van der Waals surface area contributed by atoms with Crippen LogP contribution in [0.15, 0.2) is 11.6 Å². The lowest BCUT2D eigenvalue weighted by molar-refractivity contribution is -0.355. The van der Waals surface area contributed by atoms with Gasteiger partial charge in [0.2, 0.25) is 0 Å². The van der Waals surface area contributed by atoms with Crippen LogP contribution in [-0.4, -0.2) is 171 Å². The van der Waals surface area contributed by atoms with Gasteiger partial charge in [0.15, 0.2) is 18.9 Å². The molecular weight excluding hydrogens is 776 g/mol. The number of methoxy groups -OCH3 is 1. The molecule has 0 spiro atoms. The van der Waals surface area contributed by atoms with Crippen molar-refractivity contribution in [3.63, 3.8) is 0 Å². The summed E-state index contributed by atoms with van der Waals surface area (Å²) >= 11 is 0. The standard InChI is InChI=1S/C42H66O17/c1-19-37(59-39-36(50)34(48)32(46)28(58-39)18-54-38-35(49)33(47)31(45)27(16-43)57-38)26(52-4)15-30(55-19)56-22-7-10-40(2)21(14-22)5-6-25-24(40)8-11-41(3)23(9-12-42(25,41)51)20-13-29(44)53-17-20/h13,19,21-28,30-39,43,45-51H,5-12,14-18H2,1-4H3/t19-,21-,22+,23+,24+,25-,26+,27-,28-,30+,31-,32-,33+,34+,35-,36-,37-,38-,39+,40+,41-,42+/m1/s1. The zero-order valence-corrected chi connectivity index (χ0v) is 34.5. The zero-order valence-electron chi connectivity index (χ0n) is 34.5. The highest BCUT2D eigenvalue weighted by molar-refractivity contribution is 5.85. The van der Waals surface area contributed by atoms with Gasteiger partial charge < -0.3 is 78.7 Å². The molecule has 17 heteroatoms. The molecule has 336 valence electrons. The largest absolute Gasteiger partial charge is 0.458 e. The molecule has 8 aliphatic rings. The highest BCUT2D eigenvalue weighted by atomic mass is 16.8. The van der Waals surface area contributed by atoms with E-state index in [-0.39, 0.29) is 34.7 Å². The summed E-state index contributed by atoms with van der Waals surface area (Å²) in [6.45, 7) is 5.69. The highest BCUT2D eigenvalue weighted by Crippen LogP contribution is 2.70. The number of aliphatic hydroxyl groups excluding tert-OH is 7. The van der Waals surface area contributed by atoms with Gasteiger partial charge in [0.05, 0.1) is 37.1 Å². The van der Waals surface area contributed by atoms with Crippen LogP contribution < -0.4 is 0 Å². The number of cyclic esters (lactones) is 1. The first kappa shape index (κ1) is 44.2. The van der Waals surface area contributed by atoms with Crippen LogP contribution in [0.5, 0.6) is 0 Å². The van der Waals surface area contributed by atoms with Crippen molar-refractivity contribution in [3.8, 4) is 0 Å². The summed E-state index contributed by atoms with van der Waals surface area (Å²) in [4.78, 5) is 12.0. The lowest BCUT2D eigenvalue weighted by Crippen LogP contribution is -2.63. The van der Waals surface area contributed by atoms with Gasteiger partial charge in [0.1, 0.15) is 61.5 Å². The van der Waals surface area contributed by atoms with E-state index >= 15 is 0 Å². The molecule has 17 nitrogen and oxygen atoms in total. The van der Waals surface area contributed by atoms with Crippen molar-refractivity contribution in [2.45, 2.75) is 183 Å². The molecule has 4 saturated carbocycles. The van der Waals surface area contributed by atoms with E-state index < -0.39 is 105 Å². The summed E-state index contributed by atoms with van der Waals surface area (Å²) in [5, 5.41) is 85.0. The molecule has 7 fully saturated rings. The lowest BCUT2D eigenvalue weighted by atomic mass is 9.43. The second kappa shape index (κ2) is 17.0. The van der Waals surface area contributed by atoms with Crippen molar-refractivity contribution < 1.29 is 83.5 Å². The number of fused-ring (bicyclic) bond motifs is 5. The number of rotatable bonds is 10. The number of ether oxygens (including phenoxy) is 8. The second-order valence-corrected chi connectivity index (χ2v) is 19.3. The van der Waals surface area contributed by atoms with Gasteiger partial charge in [0, 0.05) is 25.0 Å². The van der Waals surface area contributed by atoms with Gasteiger partial charge in [-0.2, -0.15) is 0 Å². The van der Waals surface area contributed by atoms with E-state index in [4.69, 9.17) is 37.9 Å². The molecule has 4 aliphatic carbocycles. The molecule has 4 heterocycles. The van der Waals surface area contributed by atoms with Crippen molar-refractivity contribution >= 4 is 5.97 Å². The van der Waals surface area contributed by atoms with Crippen LogP contribution in [0.3, 0.4) is 0 Å². The molecule has 22 atom stereocenters. The molecule has 0 radical (unpaired) electrons. The number of carbonyl (C=O) groups excluding carboxylic acids is 1. The number of esters is 1. The van der Waals surface area contributed by atoms with Crippen LogP contribution in [0, 0.1) is 34.5 Å². The summed E-state index contributed by atoms with van der Waals surface area (Å²) in [6.07, 6.45) is -7.54. The molecule has 0 bridgehead atoms. The third-order valence-electron chi connectivity index (χ3n) is 16.4. The third kappa shape index (κ3) is 7.64. The first-order valence-corrected chi connectivity index (χ1v) is 21.7. The quantitative estimate of drug-likeness (QED) is 0.105. The van der Waals surface area contributed by atoms with Crippen molar-refractivity contribution in [3.05, 3.63) is 11.6 Å². The summed E-state index contributed by atoms with van der Waals surface area (Å²) in [5.41, 5.74) is 0.0761. The van der Waals surface area contributed by atoms with E-state index in [2.05, 4.69) is 13.8 Å². The van der Waals surface area contributed by atoms with Gasteiger partial charge in [-0.3, -0.25) is 0 Å². The predicted molar refractivity (Wildman–Crippen MR) is 202 cm³/mol. The minimum atomic E-state index is -1.70. The Hall–Kier alpha value is -1.39. The third-order valence-corrected chi connectivity index (χ3v) is 16.4. The van der Waals surface area contributed by atoms with Crippen LogP contribution in [0.2, 0.25) is 0 Å². The summed E-state index contributed by atoms with van der Waals surface area (Å²) < 4.78 is 47.2. The monoisotopic (exact) mass is 842 g/mol. The van der Waals surface area contributed by atoms with Crippen molar-refractivity contribution in [1.29, 1.82) is 0 Å². The van der Waals surface area contributed by atoms with Crippen LogP contribution in [-0.2, 0) is 42.7 Å². The van der Waals surface area contributed by atoms with Crippen molar-refractivity contribution in [2.24, 2.45) is 34.5 Å². The highest BCUT2D eigenvalue weighted by Gasteiger charge is 2.68. The van der Waals surface area contributed by atoms with E-state index in [9.17, 15) is 45.6 Å². The van der Waals surface area contributed by atoms with E-state index in [1.165, 1.54) is 0 Å². The number of hydrogen-bond acceptors (Lipinski definition) is 17. The molecule has 4 aliphatic heterocycles. The number of hydrogen-bond donors (Lipinski definition) is 8. The van der Waals surface area contributed by atoms with E-state index in [1.54, 1.807) is 20.1 Å². The van der Waals surface area contributed by atoms with E-state index in [0.717, 1.165) is 63.4 Å². The first-order chi connectivity index (χ1) is 28.0. The smallest absolute Gasteiger partial charge is 0.331 e. The Morgan fingerprint density at radius 1 is 0.780 bits per heavy atom. The molecule has 0 aromatic heterocycles. The maximum Gasteiger partial charge on any atom is 0.331 e. The van der Waals surface area contributed by atoms with Gasteiger partial charge in [-0.05, 0) is 99.4 Å². The molecule has 0 unspecified atom stereocenters. The Balaban J connectivity index is 0.857. The maximum absolute atomic E-state index is 12.6. The normalized spacial score (nSPS) is 53.9. The van der Waals surface area contributed by atoms with Gasteiger partial charge in [-0.1, -0.05) is 13.8 Å². The number of aliphatic hydroxyl groups is 8. The fourth-order valence-corrected chi connectivity index (χ4v) is 12.9. The minimum absolute atomic E-state index is 0.0268. The molecule has 59 heavy (non-hydrogen) atoms. The second-order valence-electron chi connectivity index (χ2n) is 19.3. The lowest BCUT2D eigenvalue weighted by Gasteiger charge is -2.64. The SMILES string of the molecule is CO[C@H]1C[C@H](O[C@H]2CC[C@@]3(C)[C@H](CC[C@@H]4[C@@H]3CC[C@]3(C)[C@H](C5=CC(=O)OC5)CC[C@]43O)C2)O[C@H](C)[C@H]1O[C@@H]1O[C@H](CO[C@@H]2O[C@H](CO)[C@@H](O)[C@H](O)[C@H]2O)[C@@H](O)[C@H](O)[C@H]1O. The summed E-state index contributed by atoms with van der Waals surface area (Å²) in [6, 6.07) is 0. The van der Waals surface area contributed by atoms with Crippen LogP contribution in [0.25, 0.3) is 0 Å². The van der Waals surface area contributed by atoms with Crippen LogP contribution >= 0.6 is 0 Å². The maximum atomic E-state index is 12.6. The molecule has 0 amide bonds. The summed E-state index contributed by atoms with van der Waals surface area (Å²) in [5.74, 6) is 0.957.